The van der Waals surface area contributed by atoms with Gasteiger partial charge in [-0.25, -0.2) is 4.98 Å². The van der Waals surface area contributed by atoms with Crippen molar-refractivity contribution in [3.8, 4) is 0 Å². The number of rotatable bonds is 5. The zero-order valence-corrected chi connectivity index (χ0v) is 17.6. The molecule has 0 bridgehead atoms. The van der Waals surface area contributed by atoms with Gasteiger partial charge in [0.05, 0.1) is 17.1 Å². The van der Waals surface area contributed by atoms with Crippen LogP contribution in [0.1, 0.15) is 11.4 Å². The van der Waals surface area contributed by atoms with Gasteiger partial charge in [-0.2, -0.15) is 28.1 Å². The first-order valence-corrected chi connectivity index (χ1v) is 10.2. The summed E-state index contributed by atoms with van der Waals surface area (Å²) in [6, 6.07) is 8.20. The fourth-order valence-corrected chi connectivity index (χ4v) is 3.61. The molecule has 0 saturated carbocycles. The Bertz CT molecular complexity index is 1070. The highest BCUT2D eigenvalue weighted by atomic mass is 35.5. The second-order valence-corrected chi connectivity index (χ2v) is 7.61. The Kier molecular flexibility index (Phi) is 6.28. The Morgan fingerprint density at radius 1 is 1.00 bits per heavy atom. The van der Waals surface area contributed by atoms with Crippen LogP contribution >= 0.6 is 11.6 Å². The van der Waals surface area contributed by atoms with E-state index in [0.29, 0.717) is 23.1 Å². The quantitative estimate of drug-likeness (QED) is 0.591. The van der Waals surface area contributed by atoms with Gasteiger partial charge in [0.25, 0.3) is 0 Å². The van der Waals surface area contributed by atoms with Crippen LogP contribution in [0, 0.1) is 0 Å². The molecule has 4 rings (SSSR count). The molecule has 1 aliphatic heterocycles. The average Bonchev–Trinajstić information content (AvgIpc) is 2.74. The number of pyridine rings is 1. The third kappa shape index (κ3) is 5.35. The van der Waals surface area contributed by atoms with Gasteiger partial charge in [-0.1, -0.05) is 11.6 Å². The normalized spacial score (nSPS) is 15.1. The summed E-state index contributed by atoms with van der Waals surface area (Å²) < 4.78 is 38.2. The molecule has 1 aromatic carbocycles. The van der Waals surface area contributed by atoms with Gasteiger partial charge in [-0.05, 0) is 36.4 Å². The van der Waals surface area contributed by atoms with Crippen molar-refractivity contribution >= 4 is 35.0 Å². The largest absolute Gasteiger partial charge is 0.416 e. The van der Waals surface area contributed by atoms with E-state index < -0.39 is 11.7 Å². The van der Waals surface area contributed by atoms with Crippen molar-refractivity contribution < 1.29 is 13.2 Å². The summed E-state index contributed by atoms with van der Waals surface area (Å²) in [4.78, 5) is 21.2. The minimum atomic E-state index is -4.39. The lowest BCUT2D eigenvalue weighted by atomic mass is 10.2. The average molecular weight is 465 g/mol. The fraction of sp³-hybridized carbons (Fsp3) is 0.300. The van der Waals surface area contributed by atoms with Crippen molar-refractivity contribution in [2.24, 2.45) is 0 Å². The molecule has 2 aromatic heterocycles. The molecule has 0 aliphatic carbocycles. The zero-order chi connectivity index (χ0) is 22.7. The summed E-state index contributed by atoms with van der Waals surface area (Å²) in [7, 11) is 0. The number of nitrogens with zero attached hydrogens (tertiary/aromatic N) is 6. The Morgan fingerprint density at radius 3 is 2.38 bits per heavy atom. The van der Waals surface area contributed by atoms with E-state index in [1.165, 1.54) is 12.1 Å². The van der Waals surface area contributed by atoms with Crippen LogP contribution in [-0.4, -0.2) is 51.0 Å². The number of nitrogens with two attached hydrogens (primary N) is 1. The molecule has 3 N–H and O–H groups in total. The van der Waals surface area contributed by atoms with Crippen molar-refractivity contribution in [1.82, 2.24) is 24.8 Å². The summed E-state index contributed by atoms with van der Waals surface area (Å²) in [5, 5.41) is 3.49. The maximum absolute atomic E-state index is 12.7. The highest BCUT2D eigenvalue weighted by Crippen LogP contribution is 2.30. The second kappa shape index (κ2) is 9.13. The van der Waals surface area contributed by atoms with E-state index in [-0.39, 0.29) is 11.9 Å². The summed E-state index contributed by atoms with van der Waals surface area (Å²) in [6.45, 7) is 3.44. The molecule has 0 radical (unpaired) electrons. The van der Waals surface area contributed by atoms with Crippen LogP contribution in [0.5, 0.6) is 0 Å². The smallest absolute Gasteiger partial charge is 0.368 e. The predicted octanol–water partition coefficient (Wildman–Crippen LogP) is 3.59. The van der Waals surface area contributed by atoms with E-state index in [9.17, 15) is 13.2 Å². The monoisotopic (exact) mass is 464 g/mol. The number of anilines is 4. The molecule has 3 heterocycles. The van der Waals surface area contributed by atoms with E-state index >= 15 is 0 Å². The highest BCUT2D eigenvalue weighted by molar-refractivity contribution is 6.32. The number of nitrogens with one attached hydrogen (secondary N) is 1. The van der Waals surface area contributed by atoms with Crippen LogP contribution in [0.3, 0.4) is 0 Å². The third-order valence-corrected chi connectivity index (χ3v) is 5.24. The maximum Gasteiger partial charge on any atom is 0.416 e. The molecule has 0 amide bonds. The van der Waals surface area contributed by atoms with E-state index in [2.05, 4.69) is 35.1 Å². The third-order valence-electron chi connectivity index (χ3n) is 4.94. The van der Waals surface area contributed by atoms with Crippen LogP contribution in [-0.2, 0) is 12.7 Å². The number of halogens is 4. The number of piperazine rings is 1. The number of aromatic nitrogens is 4. The van der Waals surface area contributed by atoms with E-state index in [4.69, 9.17) is 17.3 Å². The van der Waals surface area contributed by atoms with Crippen LogP contribution in [0.15, 0.2) is 42.6 Å². The molecule has 1 saturated heterocycles. The first kappa shape index (κ1) is 22.0. The molecule has 32 heavy (non-hydrogen) atoms. The number of benzene rings is 1. The molecule has 8 nitrogen and oxygen atoms in total. The maximum atomic E-state index is 12.7. The fourth-order valence-electron chi connectivity index (χ4n) is 3.36. The molecular weight excluding hydrogens is 445 g/mol. The van der Waals surface area contributed by atoms with Crippen molar-refractivity contribution in [3.05, 3.63) is 59.0 Å². The Morgan fingerprint density at radius 2 is 1.72 bits per heavy atom. The lowest BCUT2D eigenvalue weighted by Gasteiger charge is -2.35. The van der Waals surface area contributed by atoms with Gasteiger partial charge in [-0.15, -0.1) is 0 Å². The first-order valence-electron chi connectivity index (χ1n) is 9.80. The summed E-state index contributed by atoms with van der Waals surface area (Å²) in [5.74, 6) is 1.44. The number of hydrogen-bond acceptors (Lipinski definition) is 8. The first-order chi connectivity index (χ1) is 15.3. The Labute approximate surface area is 187 Å². The molecule has 0 atom stereocenters. The molecule has 12 heteroatoms. The molecule has 1 aliphatic rings. The van der Waals surface area contributed by atoms with Crippen LogP contribution in [0.25, 0.3) is 0 Å². The number of alkyl halides is 3. The lowest BCUT2D eigenvalue weighted by molar-refractivity contribution is -0.137. The van der Waals surface area contributed by atoms with Gasteiger partial charge in [0.15, 0.2) is 0 Å². The SMILES string of the molecule is Nc1nc(CN2CCN(c3ncccc3Cl)CC2)nc(Nc2ccc(C(F)(F)F)cc2)n1. The lowest BCUT2D eigenvalue weighted by Crippen LogP contribution is -2.46. The number of nitrogen functional groups attached to an aromatic ring is 1. The van der Waals surface area contributed by atoms with Gasteiger partial charge >= 0.3 is 6.18 Å². The van der Waals surface area contributed by atoms with Crippen LogP contribution in [0.2, 0.25) is 5.02 Å². The van der Waals surface area contributed by atoms with Crippen LogP contribution in [0.4, 0.5) is 36.6 Å². The van der Waals surface area contributed by atoms with Gasteiger partial charge in [0.2, 0.25) is 11.9 Å². The van der Waals surface area contributed by atoms with Gasteiger partial charge in [-0.3, -0.25) is 4.90 Å². The van der Waals surface area contributed by atoms with Gasteiger partial charge < -0.3 is 16.0 Å². The second-order valence-electron chi connectivity index (χ2n) is 7.21. The van der Waals surface area contributed by atoms with Gasteiger partial charge in [0.1, 0.15) is 11.6 Å². The minimum Gasteiger partial charge on any atom is -0.368 e. The molecule has 0 spiro atoms. The van der Waals surface area contributed by atoms with E-state index in [0.717, 1.165) is 44.1 Å². The molecule has 1 fully saturated rings. The van der Waals surface area contributed by atoms with E-state index in [1.54, 1.807) is 12.3 Å². The van der Waals surface area contributed by atoms with Gasteiger partial charge in [0, 0.05) is 38.1 Å². The molecule has 3 aromatic rings. The Balaban J connectivity index is 1.39. The summed E-state index contributed by atoms with van der Waals surface area (Å²) in [6.07, 6.45) is -2.68. The molecule has 0 unspecified atom stereocenters. The summed E-state index contributed by atoms with van der Waals surface area (Å²) >= 11 is 6.23. The van der Waals surface area contributed by atoms with E-state index in [1.807, 2.05) is 6.07 Å². The standard InChI is InChI=1S/C20H20ClF3N8/c21-15-2-1-7-26-17(15)32-10-8-31(9-11-32)12-16-28-18(25)30-19(29-16)27-14-5-3-13(4-6-14)20(22,23)24/h1-7H,8-12H2,(H3,25,27,28,29,30). The van der Waals surface area contributed by atoms with Crippen molar-refractivity contribution in [1.29, 1.82) is 0 Å². The highest BCUT2D eigenvalue weighted by Gasteiger charge is 2.30. The zero-order valence-electron chi connectivity index (χ0n) is 16.8. The molecular formula is C20H20ClF3N8. The number of hydrogen-bond donors (Lipinski definition) is 2. The topological polar surface area (TPSA) is 96.1 Å². The minimum absolute atomic E-state index is 0.0308. The van der Waals surface area contributed by atoms with Crippen molar-refractivity contribution in [2.75, 3.05) is 42.1 Å². The predicted molar refractivity (Wildman–Crippen MR) is 116 cm³/mol. The molecule has 168 valence electrons. The van der Waals surface area contributed by atoms with Crippen molar-refractivity contribution in [3.63, 3.8) is 0 Å². The Hall–Kier alpha value is -3.18. The van der Waals surface area contributed by atoms with Crippen molar-refractivity contribution in [2.45, 2.75) is 12.7 Å². The summed E-state index contributed by atoms with van der Waals surface area (Å²) in [5.41, 5.74) is 5.49. The van der Waals surface area contributed by atoms with Crippen LogP contribution < -0.4 is 16.0 Å².